The van der Waals surface area contributed by atoms with Crippen LogP contribution in [0.2, 0.25) is 0 Å². The van der Waals surface area contributed by atoms with Gasteiger partial charge in [0, 0.05) is 24.7 Å². The van der Waals surface area contributed by atoms with Gasteiger partial charge in [-0.15, -0.1) is 11.3 Å². The lowest BCUT2D eigenvalue weighted by Crippen LogP contribution is -2.29. The number of hydrogen-bond donors (Lipinski definition) is 3. The van der Waals surface area contributed by atoms with Gasteiger partial charge < -0.3 is 10.2 Å². The lowest BCUT2D eigenvalue weighted by Gasteiger charge is -2.11. The van der Waals surface area contributed by atoms with Crippen molar-refractivity contribution in [3.8, 4) is 0 Å². The van der Waals surface area contributed by atoms with Crippen molar-refractivity contribution in [3.05, 3.63) is 11.6 Å². The van der Waals surface area contributed by atoms with Crippen LogP contribution < -0.4 is 16.0 Å². The van der Waals surface area contributed by atoms with Gasteiger partial charge in [0.1, 0.15) is 0 Å². The van der Waals surface area contributed by atoms with Crippen LogP contribution in [0.15, 0.2) is 16.6 Å². The Kier molecular flexibility index (Phi) is 4.13. The van der Waals surface area contributed by atoms with Gasteiger partial charge >= 0.3 is 0 Å². The molecule has 1 unspecified atom stereocenters. The van der Waals surface area contributed by atoms with Crippen LogP contribution >= 0.6 is 11.3 Å². The first-order chi connectivity index (χ1) is 10.1. The molecule has 0 radical (unpaired) electrons. The fraction of sp³-hybridized carbons (Fsp3) is 0.545. The Morgan fingerprint density at radius 2 is 2.43 bits per heavy atom. The Morgan fingerprint density at radius 3 is 3.14 bits per heavy atom. The molecule has 4 N–H and O–H groups in total. The number of anilines is 1. The van der Waals surface area contributed by atoms with Gasteiger partial charge in [0.05, 0.1) is 6.10 Å². The molecule has 0 aromatic carbocycles. The highest BCUT2D eigenvalue weighted by Crippen LogP contribution is 2.25. The lowest BCUT2D eigenvalue weighted by atomic mass is 10.2. The highest BCUT2D eigenvalue weighted by atomic mass is 32.2. The standard InChI is InChI=1S/C11H17N5O3S2/c12-15-9-10(16-5-7-20-11(16)14-9)21(17,18)13-4-3-8-2-1-6-19-8/h5,7-8,13,15H,1-4,6,12H2. The number of nitrogens with one attached hydrogen (secondary N) is 2. The van der Waals surface area contributed by atoms with E-state index in [2.05, 4.69) is 15.1 Å². The van der Waals surface area contributed by atoms with Gasteiger partial charge in [-0.1, -0.05) is 0 Å². The van der Waals surface area contributed by atoms with Crippen LogP contribution in [-0.4, -0.2) is 37.1 Å². The molecule has 116 valence electrons. The molecule has 0 spiro atoms. The summed E-state index contributed by atoms with van der Waals surface area (Å²) >= 11 is 1.34. The van der Waals surface area contributed by atoms with Crippen molar-refractivity contribution < 1.29 is 13.2 Å². The molecule has 0 aliphatic carbocycles. The summed E-state index contributed by atoms with van der Waals surface area (Å²) in [4.78, 5) is 4.72. The molecule has 21 heavy (non-hydrogen) atoms. The van der Waals surface area contributed by atoms with Gasteiger partial charge in [-0.05, 0) is 19.3 Å². The minimum absolute atomic E-state index is 0.0357. The predicted molar refractivity (Wildman–Crippen MR) is 79.7 cm³/mol. The zero-order valence-electron chi connectivity index (χ0n) is 11.3. The molecule has 1 aliphatic heterocycles. The quantitative estimate of drug-likeness (QED) is 0.526. The summed E-state index contributed by atoms with van der Waals surface area (Å²) in [6.07, 6.45) is 4.49. The van der Waals surface area contributed by atoms with Crippen molar-refractivity contribution in [1.29, 1.82) is 0 Å². The van der Waals surface area contributed by atoms with E-state index in [1.54, 1.807) is 11.6 Å². The number of imidazole rings is 1. The smallest absolute Gasteiger partial charge is 0.260 e. The van der Waals surface area contributed by atoms with Crippen LogP contribution in [-0.2, 0) is 14.8 Å². The van der Waals surface area contributed by atoms with Crippen LogP contribution in [0.5, 0.6) is 0 Å². The summed E-state index contributed by atoms with van der Waals surface area (Å²) in [7, 11) is -3.69. The van der Waals surface area contributed by atoms with Crippen molar-refractivity contribution in [2.75, 3.05) is 18.6 Å². The third kappa shape index (κ3) is 2.90. The first kappa shape index (κ1) is 14.7. The molecule has 0 amide bonds. The Morgan fingerprint density at radius 1 is 1.57 bits per heavy atom. The lowest BCUT2D eigenvalue weighted by molar-refractivity contribution is 0.105. The Balaban J connectivity index is 1.77. The summed E-state index contributed by atoms with van der Waals surface area (Å²) in [6, 6.07) is 0. The van der Waals surface area contributed by atoms with Gasteiger partial charge in [-0.25, -0.2) is 19.0 Å². The summed E-state index contributed by atoms with van der Waals surface area (Å²) < 4.78 is 34.5. The molecule has 1 fully saturated rings. The van der Waals surface area contributed by atoms with E-state index in [9.17, 15) is 8.42 Å². The molecule has 1 saturated heterocycles. The Bertz CT molecular complexity index is 717. The summed E-state index contributed by atoms with van der Waals surface area (Å²) in [5.74, 6) is 5.51. The number of ether oxygens (including phenoxy) is 1. The second-order valence-corrected chi connectivity index (χ2v) is 7.34. The minimum atomic E-state index is -3.69. The molecule has 10 heteroatoms. The van der Waals surface area contributed by atoms with Crippen molar-refractivity contribution in [1.82, 2.24) is 14.1 Å². The minimum Gasteiger partial charge on any atom is -0.378 e. The number of hydrazine groups is 1. The second-order valence-electron chi connectivity index (χ2n) is 4.79. The molecule has 1 aliphatic rings. The molecule has 3 heterocycles. The fourth-order valence-electron chi connectivity index (χ4n) is 2.41. The summed E-state index contributed by atoms with van der Waals surface area (Å²) in [6.45, 7) is 1.09. The number of rotatable bonds is 6. The average Bonchev–Trinajstić information content (AvgIpc) is 3.13. The normalized spacial score (nSPS) is 19.4. The van der Waals surface area contributed by atoms with Crippen molar-refractivity contribution in [2.45, 2.75) is 30.4 Å². The highest BCUT2D eigenvalue weighted by Gasteiger charge is 2.26. The third-order valence-corrected chi connectivity index (χ3v) is 5.63. The monoisotopic (exact) mass is 331 g/mol. The third-order valence-electron chi connectivity index (χ3n) is 3.39. The van der Waals surface area contributed by atoms with Gasteiger partial charge in [0.15, 0.2) is 10.8 Å². The largest absolute Gasteiger partial charge is 0.378 e. The molecule has 3 rings (SSSR count). The first-order valence-electron chi connectivity index (χ1n) is 6.65. The molecular formula is C11H17N5O3S2. The van der Waals surface area contributed by atoms with Crippen LogP contribution in [0, 0.1) is 0 Å². The summed E-state index contributed by atoms with van der Waals surface area (Å²) in [5, 5.41) is 1.81. The average molecular weight is 331 g/mol. The van der Waals surface area contributed by atoms with Crippen LogP contribution in [0.25, 0.3) is 4.96 Å². The van der Waals surface area contributed by atoms with Gasteiger partial charge in [0.2, 0.25) is 5.03 Å². The number of aromatic nitrogens is 2. The predicted octanol–water partition coefficient (Wildman–Crippen LogP) is 0.529. The first-order valence-corrected chi connectivity index (χ1v) is 9.01. The van der Waals surface area contributed by atoms with Crippen molar-refractivity contribution in [3.63, 3.8) is 0 Å². The van der Waals surface area contributed by atoms with Crippen molar-refractivity contribution >= 4 is 32.1 Å². The van der Waals surface area contributed by atoms with Crippen LogP contribution in [0.1, 0.15) is 19.3 Å². The number of fused-ring (bicyclic) bond motifs is 1. The molecule has 8 nitrogen and oxygen atoms in total. The number of nitrogens with zero attached hydrogens (tertiary/aromatic N) is 2. The molecule has 2 aromatic heterocycles. The van der Waals surface area contributed by atoms with E-state index in [0.717, 1.165) is 19.4 Å². The molecule has 0 bridgehead atoms. The van der Waals surface area contributed by atoms with E-state index >= 15 is 0 Å². The fourth-order valence-corrected chi connectivity index (χ4v) is 4.47. The number of hydrogen-bond acceptors (Lipinski definition) is 7. The Hall–Kier alpha value is -1.20. The number of nitrogen functional groups attached to an aromatic ring is 1. The van der Waals surface area contributed by atoms with E-state index in [1.165, 1.54) is 15.7 Å². The zero-order chi connectivity index (χ0) is 14.9. The maximum atomic E-state index is 12.5. The van der Waals surface area contributed by atoms with Crippen molar-refractivity contribution in [2.24, 2.45) is 5.84 Å². The number of nitrogens with two attached hydrogens (primary N) is 1. The van der Waals surface area contributed by atoms with Gasteiger partial charge in [0.25, 0.3) is 10.0 Å². The van der Waals surface area contributed by atoms with E-state index in [1.807, 2.05) is 0 Å². The molecule has 1 atom stereocenters. The van der Waals surface area contributed by atoms with Gasteiger partial charge in [-0.3, -0.25) is 4.40 Å². The maximum Gasteiger partial charge on any atom is 0.260 e. The molecular weight excluding hydrogens is 314 g/mol. The molecule has 0 saturated carbocycles. The SMILES string of the molecule is NNc1nc2sccn2c1S(=O)(=O)NCCC1CCCO1. The topological polar surface area (TPSA) is 111 Å². The van der Waals surface area contributed by atoms with E-state index < -0.39 is 10.0 Å². The van der Waals surface area contributed by atoms with Gasteiger partial charge in [-0.2, -0.15) is 4.98 Å². The summed E-state index contributed by atoms with van der Waals surface area (Å²) in [5.41, 5.74) is 2.34. The number of sulfonamides is 1. The van der Waals surface area contributed by atoms with Crippen LogP contribution in [0.3, 0.4) is 0 Å². The van der Waals surface area contributed by atoms with E-state index in [-0.39, 0.29) is 16.9 Å². The van der Waals surface area contributed by atoms with E-state index in [0.29, 0.717) is 17.9 Å². The Labute approximate surface area is 126 Å². The molecule has 2 aromatic rings. The van der Waals surface area contributed by atoms with Crippen LogP contribution in [0.4, 0.5) is 5.82 Å². The number of thiazole rings is 1. The highest BCUT2D eigenvalue weighted by molar-refractivity contribution is 7.89. The maximum absolute atomic E-state index is 12.5. The zero-order valence-corrected chi connectivity index (χ0v) is 12.9. The van der Waals surface area contributed by atoms with E-state index in [4.69, 9.17) is 10.6 Å². The second kappa shape index (κ2) is 5.89.